The van der Waals surface area contributed by atoms with E-state index in [0.29, 0.717) is 18.8 Å². The standard InChI is InChI=1S/C18H21N3O3S/c1-12(22)10-19-17(23)14-11-25-18(20-14)16-9-13-5-3-4-6-15(13)21(16)7-8-24-2/h3-6,9,11-12,22H,7-8,10H2,1-2H3,(H,19,23). The molecule has 132 valence electrons. The summed E-state index contributed by atoms with van der Waals surface area (Å²) in [6.07, 6.45) is -0.585. The minimum Gasteiger partial charge on any atom is -0.392 e. The van der Waals surface area contributed by atoms with Gasteiger partial charge < -0.3 is 19.7 Å². The molecule has 1 atom stereocenters. The number of para-hydroxylation sites is 1. The van der Waals surface area contributed by atoms with Crippen LogP contribution in [0.15, 0.2) is 35.7 Å². The van der Waals surface area contributed by atoms with Gasteiger partial charge in [0.2, 0.25) is 0 Å². The van der Waals surface area contributed by atoms with Gasteiger partial charge in [0.05, 0.1) is 18.4 Å². The van der Waals surface area contributed by atoms with Crippen LogP contribution in [0.3, 0.4) is 0 Å². The normalized spacial score (nSPS) is 12.4. The second-order valence-electron chi connectivity index (χ2n) is 5.83. The van der Waals surface area contributed by atoms with E-state index in [9.17, 15) is 9.90 Å². The number of hydrogen-bond acceptors (Lipinski definition) is 5. The van der Waals surface area contributed by atoms with Crippen LogP contribution >= 0.6 is 11.3 Å². The van der Waals surface area contributed by atoms with Gasteiger partial charge in [-0.3, -0.25) is 4.79 Å². The second-order valence-corrected chi connectivity index (χ2v) is 6.69. The molecule has 1 unspecified atom stereocenters. The van der Waals surface area contributed by atoms with Crippen molar-refractivity contribution in [1.82, 2.24) is 14.9 Å². The van der Waals surface area contributed by atoms with Gasteiger partial charge in [-0.25, -0.2) is 4.98 Å². The molecule has 7 heteroatoms. The third-order valence-corrected chi connectivity index (χ3v) is 4.71. The third-order valence-electron chi connectivity index (χ3n) is 3.84. The molecule has 6 nitrogen and oxygen atoms in total. The van der Waals surface area contributed by atoms with E-state index >= 15 is 0 Å². The van der Waals surface area contributed by atoms with E-state index in [0.717, 1.165) is 21.6 Å². The van der Waals surface area contributed by atoms with Crippen molar-refractivity contribution < 1.29 is 14.6 Å². The van der Waals surface area contributed by atoms with Gasteiger partial charge in [0.25, 0.3) is 5.91 Å². The summed E-state index contributed by atoms with van der Waals surface area (Å²) in [7, 11) is 1.68. The van der Waals surface area contributed by atoms with Crippen LogP contribution in [-0.4, -0.2) is 46.9 Å². The number of thiazole rings is 1. The Balaban J connectivity index is 1.92. The van der Waals surface area contributed by atoms with E-state index in [1.807, 2.05) is 12.1 Å². The molecule has 0 saturated carbocycles. The van der Waals surface area contributed by atoms with Crippen molar-refractivity contribution in [3.05, 3.63) is 41.4 Å². The van der Waals surface area contributed by atoms with E-state index in [1.165, 1.54) is 11.3 Å². The molecule has 0 radical (unpaired) electrons. The highest BCUT2D eigenvalue weighted by Crippen LogP contribution is 2.30. The largest absolute Gasteiger partial charge is 0.392 e. The Hall–Kier alpha value is -2.22. The number of aromatic nitrogens is 2. The van der Waals surface area contributed by atoms with Crippen molar-refractivity contribution in [3.63, 3.8) is 0 Å². The zero-order valence-electron chi connectivity index (χ0n) is 14.2. The minimum absolute atomic E-state index is 0.208. The monoisotopic (exact) mass is 359 g/mol. The lowest BCUT2D eigenvalue weighted by molar-refractivity contribution is 0.0920. The molecule has 3 aromatic rings. The number of carbonyl (C=O) groups is 1. The van der Waals surface area contributed by atoms with E-state index in [4.69, 9.17) is 4.74 Å². The van der Waals surface area contributed by atoms with E-state index in [-0.39, 0.29) is 12.5 Å². The maximum atomic E-state index is 12.1. The quantitative estimate of drug-likeness (QED) is 0.680. The first kappa shape index (κ1) is 17.6. The van der Waals surface area contributed by atoms with Gasteiger partial charge >= 0.3 is 0 Å². The van der Waals surface area contributed by atoms with Crippen LogP contribution < -0.4 is 5.32 Å². The predicted molar refractivity (Wildman–Crippen MR) is 98.9 cm³/mol. The van der Waals surface area contributed by atoms with Crippen LogP contribution in [0.2, 0.25) is 0 Å². The first-order valence-corrected chi connectivity index (χ1v) is 8.97. The summed E-state index contributed by atoms with van der Waals surface area (Å²) in [6.45, 7) is 3.14. The van der Waals surface area contributed by atoms with E-state index in [2.05, 4.69) is 33.1 Å². The van der Waals surface area contributed by atoms with Crippen molar-refractivity contribution in [2.75, 3.05) is 20.3 Å². The lowest BCUT2D eigenvalue weighted by atomic mass is 10.2. The second kappa shape index (κ2) is 7.77. The molecule has 2 aromatic heterocycles. The van der Waals surface area contributed by atoms with Crippen LogP contribution in [0, 0.1) is 0 Å². The van der Waals surface area contributed by atoms with Crippen LogP contribution in [-0.2, 0) is 11.3 Å². The highest BCUT2D eigenvalue weighted by molar-refractivity contribution is 7.13. The number of nitrogens with zero attached hydrogens (tertiary/aromatic N) is 2. The zero-order valence-corrected chi connectivity index (χ0v) is 15.0. The van der Waals surface area contributed by atoms with Crippen LogP contribution in [0.1, 0.15) is 17.4 Å². The summed E-state index contributed by atoms with van der Waals surface area (Å²) in [5, 5.41) is 15.6. The Morgan fingerprint density at radius 3 is 3.00 bits per heavy atom. The number of carbonyl (C=O) groups excluding carboxylic acids is 1. The fraction of sp³-hybridized carbons (Fsp3) is 0.333. The average molecular weight is 359 g/mol. The highest BCUT2D eigenvalue weighted by atomic mass is 32.1. The predicted octanol–water partition coefficient (Wildman–Crippen LogP) is 2.52. The van der Waals surface area contributed by atoms with Gasteiger partial charge in [0.1, 0.15) is 10.7 Å². The van der Waals surface area contributed by atoms with Crippen molar-refractivity contribution in [3.8, 4) is 10.7 Å². The topological polar surface area (TPSA) is 76.4 Å². The number of fused-ring (bicyclic) bond motifs is 1. The van der Waals surface area contributed by atoms with Gasteiger partial charge in [0, 0.05) is 36.5 Å². The summed E-state index contributed by atoms with van der Waals surface area (Å²) in [4.78, 5) is 16.6. The maximum Gasteiger partial charge on any atom is 0.270 e. The summed E-state index contributed by atoms with van der Waals surface area (Å²) in [5.41, 5.74) is 2.45. The molecule has 0 saturated heterocycles. The molecular weight excluding hydrogens is 338 g/mol. The number of rotatable bonds is 7. The number of nitrogens with one attached hydrogen (secondary N) is 1. The molecule has 2 N–H and O–H groups in total. The Kier molecular flexibility index (Phi) is 5.47. The smallest absolute Gasteiger partial charge is 0.270 e. The van der Waals surface area contributed by atoms with E-state index in [1.54, 1.807) is 19.4 Å². The summed E-state index contributed by atoms with van der Waals surface area (Å²) in [5.74, 6) is -0.275. The number of benzene rings is 1. The Bertz CT molecular complexity index is 869. The lowest BCUT2D eigenvalue weighted by Gasteiger charge is -2.08. The molecular formula is C18H21N3O3S. The molecule has 0 fully saturated rings. The number of amides is 1. The molecule has 0 bridgehead atoms. The zero-order chi connectivity index (χ0) is 17.8. The lowest BCUT2D eigenvalue weighted by Crippen LogP contribution is -2.30. The van der Waals surface area contributed by atoms with Gasteiger partial charge in [-0.05, 0) is 19.1 Å². The summed E-state index contributed by atoms with van der Waals surface area (Å²) < 4.78 is 7.39. The molecule has 2 heterocycles. The molecule has 0 aliphatic rings. The van der Waals surface area contributed by atoms with Gasteiger partial charge in [0.15, 0.2) is 0 Å². The fourth-order valence-corrected chi connectivity index (χ4v) is 3.46. The molecule has 1 aromatic carbocycles. The number of methoxy groups -OCH3 is 1. The number of aliphatic hydroxyl groups excluding tert-OH is 1. The number of ether oxygens (including phenoxy) is 1. The number of aliphatic hydroxyl groups is 1. The molecule has 3 rings (SSSR count). The average Bonchev–Trinajstić information content (AvgIpc) is 3.22. The van der Waals surface area contributed by atoms with Crippen molar-refractivity contribution >= 4 is 28.1 Å². The van der Waals surface area contributed by atoms with Crippen molar-refractivity contribution in [2.24, 2.45) is 0 Å². The van der Waals surface area contributed by atoms with Crippen LogP contribution in [0.5, 0.6) is 0 Å². The maximum absolute atomic E-state index is 12.1. The minimum atomic E-state index is -0.585. The first-order chi connectivity index (χ1) is 12.1. The fourth-order valence-electron chi connectivity index (χ4n) is 2.64. The Labute approximate surface area is 150 Å². The summed E-state index contributed by atoms with van der Waals surface area (Å²) >= 11 is 1.43. The highest BCUT2D eigenvalue weighted by Gasteiger charge is 2.16. The SMILES string of the molecule is COCCn1c(-c2nc(C(=O)NCC(C)O)cs2)cc2ccccc21. The molecule has 0 spiro atoms. The molecule has 25 heavy (non-hydrogen) atoms. The molecule has 0 aliphatic carbocycles. The van der Waals surface area contributed by atoms with Gasteiger partial charge in [-0.15, -0.1) is 11.3 Å². The Morgan fingerprint density at radius 2 is 2.24 bits per heavy atom. The first-order valence-electron chi connectivity index (χ1n) is 8.09. The molecule has 0 aliphatic heterocycles. The number of hydrogen-bond donors (Lipinski definition) is 2. The van der Waals surface area contributed by atoms with Crippen LogP contribution in [0.25, 0.3) is 21.6 Å². The van der Waals surface area contributed by atoms with E-state index < -0.39 is 6.10 Å². The Morgan fingerprint density at radius 1 is 1.44 bits per heavy atom. The van der Waals surface area contributed by atoms with Crippen molar-refractivity contribution in [2.45, 2.75) is 19.6 Å². The van der Waals surface area contributed by atoms with Crippen molar-refractivity contribution in [1.29, 1.82) is 0 Å². The van der Waals surface area contributed by atoms with Gasteiger partial charge in [-0.1, -0.05) is 18.2 Å². The van der Waals surface area contributed by atoms with Crippen LogP contribution in [0.4, 0.5) is 0 Å². The third kappa shape index (κ3) is 3.89. The molecule has 1 amide bonds. The van der Waals surface area contributed by atoms with Gasteiger partial charge in [-0.2, -0.15) is 0 Å². The summed E-state index contributed by atoms with van der Waals surface area (Å²) in [6, 6.07) is 10.2.